The van der Waals surface area contributed by atoms with Gasteiger partial charge in [0.15, 0.2) is 0 Å². The largest absolute Gasteiger partial charge is 0.455 e. The number of fused-ring (bicyclic) bond motifs is 1. The summed E-state index contributed by atoms with van der Waals surface area (Å²) in [5, 5.41) is 16.3. The number of halogens is 4. The number of ether oxygens (including phenoxy) is 1. The normalized spacial score (nSPS) is 18.1. The first-order chi connectivity index (χ1) is 31.5. The van der Waals surface area contributed by atoms with Crippen molar-refractivity contribution in [3.05, 3.63) is 117 Å². The Morgan fingerprint density at radius 1 is 1.05 bits per heavy atom. The van der Waals surface area contributed by atoms with E-state index in [4.69, 9.17) is 16.3 Å². The van der Waals surface area contributed by atoms with E-state index in [0.29, 0.717) is 66.0 Å². The van der Waals surface area contributed by atoms with Crippen LogP contribution in [0.3, 0.4) is 0 Å². The number of carbonyl (C=O) groups excluding carboxylic acids is 2. The van der Waals surface area contributed by atoms with Gasteiger partial charge in [-0.15, -0.1) is 0 Å². The maximum absolute atomic E-state index is 13.9. The van der Waals surface area contributed by atoms with Crippen LogP contribution in [0.25, 0.3) is 16.6 Å². The summed E-state index contributed by atoms with van der Waals surface area (Å²) in [6.07, 6.45) is 3.19. The molecule has 8 rings (SSSR count). The highest BCUT2D eigenvalue weighted by Crippen LogP contribution is 2.46. The topological polar surface area (TPSA) is 149 Å². The molecule has 66 heavy (non-hydrogen) atoms. The molecule has 1 aliphatic carbocycles. The standard InChI is InChI=1S/C48H52ClF3N8O5S/c1-30(61)59-16-4-5-31(28-59)26-54-42-11-8-37(24-43(42)60(63)64)66-56-46(62)39-10-7-35(23-44(39)65-36-21-32-13-15-53-45(32)55-27-36)58-19-17-57(18-20-58)29-33-12-14-47(2,3)25-40(33)38-9-6-34(22-41(38)49)48(50,51)52/h6-11,13,15,21-24,27,31,54H,4-5,12,14,16-20,25-26,28-29H2,1-3H3,(H,53,55)(H,56,62). The second-order valence-electron chi connectivity index (χ2n) is 18.1. The van der Waals surface area contributed by atoms with Gasteiger partial charge >= 0.3 is 6.18 Å². The number of anilines is 2. The van der Waals surface area contributed by atoms with Gasteiger partial charge in [0.1, 0.15) is 22.8 Å². The van der Waals surface area contributed by atoms with Gasteiger partial charge in [-0.1, -0.05) is 37.1 Å². The molecule has 2 fully saturated rings. The zero-order valence-electron chi connectivity index (χ0n) is 37.0. The van der Waals surface area contributed by atoms with Gasteiger partial charge in [0.25, 0.3) is 11.6 Å². The van der Waals surface area contributed by atoms with Crippen molar-refractivity contribution < 1.29 is 32.4 Å². The molecule has 0 bridgehead atoms. The van der Waals surface area contributed by atoms with Gasteiger partial charge in [0.2, 0.25) is 5.91 Å². The number of nitro groups is 1. The Bertz CT molecular complexity index is 2670. The molecule has 5 aromatic rings. The Morgan fingerprint density at radius 3 is 2.59 bits per heavy atom. The summed E-state index contributed by atoms with van der Waals surface area (Å²) < 4.78 is 49.7. The maximum Gasteiger partial charge on any atom is 0.416 e. The molecular weight excluding hydrogens is 893 g/mol. The van der Waals surface area contributed by atoms with Crippen LogP contribution in [0.15, 0.2) is 89.6 Å². The van der Waals surface area contributed by atoms with Gasteiger partial charge < -0.3 is 24.8 Å². The fourth-order valence-electron chi connectivity index (χ4n) is 9.05. The number of nitrogens with one attached hydrogen (secondary N) is 3. The number of rotatable bonds is 13. The van der Waals surface area contributed by atoms with E-state index >= 15 is 0 Å². The van der Waals surface area contributed by atoms with Gasteiger partial charge in [0, 0.05) is 98.6 Å². The number of nitro benzene ring substituents is 1. The first-order valence-electron chi connectivity index (χ1n) is 22.0. The average molecular weight is 946 g/mol. The highest BCUT2D eigenvalue weighted by atomic mass is 35.5. The lowest BCUT2D eigenvalue weighted by Crippen LogP contribution is -2.47. The molecule has 3 aromatic carbocycles. The van der Waals surface area contributed by atoms with Gasteiger partial charge in [-0.25, -0.2) is 4.98 Å². The van der Waals surface area contributed by atoms with Crippen molar-refractivity contribution in [2.75, 3.05) is 62.6 Å². The molecule has 1 unspecified atom stereocenters. The minimum absolute atomic E-state index is 0.0182. The molecule has 348 valence electrons. The molecule has 0 saturated carbocycles. The van der Waals surface area contributed by atoms with Crippen molar-refractivity contribution in [1.29, 1.82) is 0 Å². The molecule has 2 aliphatic heterocycles. The summed E-state index contributed by atoms with van der Waals surface area (Å²) in [7, 11) is 0. The van der Waals surface area contributed by atoms with Gasteiger partial charge in [-0.3, -0.25) is 29.3 Å². The maximum atomic E-state index is 13.9. The number of aromatic amines is 1. The summed E-state index contributed by atoms with van der Waals surface area (Å²) in [5.74, 6) is 0.454. The first kappa shape index (κ1) is 46.7. The first-order valence-corrected chi connectivity index (χ1v) is 23.2. The smallest absolute Gasteiger partial charge is 0.416 e. The zero-order chi connectivity index (χ0) is 46.8. The SMILES string of the molecule is CC(=O)N1CCCC(CNc2ccc(SNC(=O)c3ccc(N4CCN(CC5=C(c6ccc(C(F)(F)F)cc6Cl)CC(C)(C)CC5)CC4)cc3Oc3cnc4[nH]ccc4c3)cc2[N+](=O)[O-])C1. The number of allylic oxidation sites excluding steroid dienone is 1. The van der Waals surface area contributed by atoms with E-state index < -0.39 is 22.6 Å². The molecule has 2 saturated heterocycles. The van der Waals surface area contributed by atoms with E-state index in [1.807, 2.05) is 24.3 Å². The minimum Gasteiger partial charge on any atom is -0.455 e. The van der Waals surface area contributed by atoms with Crippen molar-refractivity contribution >= 4 is 69.0 Å². The number of alkyl halides is 3. The van der Waals surface area contributed by atoms with Gasteiger partial charge in [-0.2, -0.15) is 13.2 Å². The van der Waals surface area contributed by atoms with Crippen molar-refractivity contribution in [3.63, 3.8) is 0 Å². The summed E-state index contributed by atoms with van der Waals surface area (Å²) in [4.78, 5) is 51.9. The number of piperazine rings is 1. The van der Waals surface area contributed by atoms with E-state index in [1.165, 1.54) is 17.7 Å². The molecule has 1 atom stereocenters. The van der Waals surface area contributed by atoms with Crippen LogP contribution in [0, 0.1) is 21.4 Å². The van der Waals surface area contributed by atoms with Crippen molar-refractivity contribution in [2.24, 2.45) is 11.3 Å². The number of H-pyrrole nitrogens is 1. The van der Waals surface area contributed by atoms with E-state index in [1.54, 1.807) is 42.4 Å². The quantitative estimate of drug-likeness (QED) is 0.0592. The van der Waals surface area contributed by atoms with E-state index in [0.717, 1.165) is 92.5 Å². The van der Waals surface area contributed by atoms with E-state index in [-0.39, 0.29) is 33.5 Å². The van der Waals surface area contributed by atoms with Gasteiger partial charge in [0.05, 0.1) is 22.2 Å². The lowest BCUT2D eigenvalue weighted by Gasteiger charge is -2.39. The Morgan fingerprint density at radius 2 is 1.85 bits per heavy atom. The highest BCUT2D eigenvalue weighted by molar-refractivity contribution is 7.98. The number of carbonyl (C=O) groups is 2. The summed E-state index contributed by atoms with van der Waals surface area (Å²) in [6.45, 7) is 11.2. The third kappa shape index (κ3) is 11.1. The Hall–Kier alpha value is -5.78. The molecule has 18 heteroatoms. The van der Waals surface area contributed by atoms with E-state index in [2.05, 4.69) is 43.7 Å². The number of benzene rings is 3. The molecule has 3 N–H and O–H groups in total. The number of likely N-dealkylation sites (tertiary alicyclic amines) is 1. The van der Waals surface area contributed by atoms with Crippen LogP contribution in [-0.2, 0) is 11.0 Å². The summed E-state index contributed by atoms with van der Waals surface area (Å²) in [5.41, 5.74) is 4.12. The molecule has 13 nitrogen and oxygen atoms in total. The van der Waals surface area contributed by atoms with Crippen LogP contribution in [0.1, 0.15) is 74.4 Å². The summed E-state index contributed by atoms with van der Waals surface area (Å²) in [6, 6.07) is 17.5. The molecule has 3 aliphatic rings. The number of aromatic nitrogens is 2. The number of piperidine rings is 1. The molecular formula is C48H52ClF3N8O5S. The second kappa shape index (κ2) is 19.6. The van der Waals surface area contributed by atoms with E-state index in [9.17, 15) is 32.9 Å². The molecule has 0 radical (unpaired) electrons. The second-order valence-corrected chi connectivity index (χ2v) is 19.4. The van der Waals surface area contributed by atoms with Gasteiger partial charge in [-0.05, 0) is 115 Å². The molecule has 4 heterocycles. The highest BCUT2D eigenvalue weighted by Gasteiger charge is 2.34. The monoisotopic (exact) mass is 944 g/mol. The van der Waals surface area contributed by atoms with Crippen molar-refractivity contribution in [3.8, 4) is 11.5 Å². The predicted octanol–water partition coefficient (Wildman–Crippen LogP) is 10.8. The van der Waals surface area contributed by atoms with Crippen LogP contribution >= 0.6 is 23.5 Å². The lowest BCUT2D eigenvalue weighted by atomic mass is 9.72. The Balaban J connectivity index is 0.963. The number of pyridine rings is 1. The average Bonchev–Trinajstić information content (AvgIpc) is 3.76. The van der Waals surface area contributed by atoms with Crippen molar-refractivity contribution in [2.45, 2.75) is 63.9 Å². The zero-order valence-corrected chi connectivity index (χ0v) is 38.5. The van der Waals surface area contributed by atoms with Crippen LogP contribution in [0.5, 0.6) is 11.5 Å². The fraction of sp³-hybridized carbons (Fsp3) is 0.396. The molecule has 2 amide bonds. The van der Waals surface area contributed by atoms with Crippen LogP contribution in [-0.4, -0.2) is 88.9 Å². The number of hydrogen-bond donors (Lipinski definition) is 3. The van der Waals surface area contributed by atoms with Crippen LogP contribution in [0.2, 0.25) is 5.02 Å². The third-order valence-electron chi connectivity index (χ3n) is 12.7. The summed E-state index contributed by atoms with van der Waals surface area (Å²) >= 11 is 7.51. The minimum atomic E-state index is -4.48. The van der Waals surface area contributed by atoms with Crippen LogP contribution < -0.4 is 19.7 Å². The molecule has 2 aromatic heterocycles. The number of amides is 2. The lowest BCUT2D eigenvalue weighted by molar-refractivity contribution is -0.384. The Labute approximate surface area is 390 Å². The number of nitrogens with zero attached hydrogens (tertiary/aromatic N) is 5. The Kier molecular flexibility index (Phi) is 13.9. The molecule has 0 spiro atoms. The number of hydrogen-bond acceptors (Lipinski definition) is 10. The predicted molar refractivity (Wildman–Crippen MR) is 252 cm³/mol. The van der Waals surface area contributed by atoms with Crippen molar-refractivity contribution in [1.82, 2.24) is 24.5 Å². The third-order valence-corrected chi connectivity index (χ3v) is 13.8. The fourth-order valence-corrected chi connectivity index (χ4v) is 9.97. The van der Waals surface area contributed by atoms with Crippen LogP contribution in [0.4, 0.5) is 30.2 Å².